The molecule has 1 amide bonds. The van der Waals surface area contributed by atoms with E-state index in [1.807, 2.05) is 4.90 Å². The number of phenols is 1. The molecule has 2 aliphatic heterocycles. The number of benzene rings is 1. The molecule has 108 valence electrons. The third-order valence-corrected chi connectivity index (χ3v) is 4.84. The number of hydrogen-bond acceptors (Lipinski definition) is 3. The second-order valence-electron chi connectivity index (χ2n) is 5.26. The van der Waals surface area contributed by atoms with Crippen molar-refractivity contribution in [2.75, 3.05) is 19.8 Å². The van der Waals surface area contributed by atoms with Gasteiger partial charge in [-0.25, -0.2) is 0 Å². The second-order valence-corrected chi connectivity index (χ2v) is 6.04. The van der Waals surface area contributed by atoms with Gasteiger partial charge < -0.3 is 14.7 Å². The second kappa shape index (κ2) is 5.43. The molecule has 0 unspecified atom stereocenters. The Morgan fingerprint density at radius 1 is 1.35 bits per heavy atom. The van der Waals surface area contributed by atoms with Crippen molar-refractivity contribution in [1.29, 1.82) is 0 Å². The molecular weight excluding hydrogens is 301 g/mol. The smallest absolute Gasteiger partial charge is 0.223 e. The number of hydrogen-bond donors (Lipinski definition) is 1. The fourth-order valence-corrected chi connectivity index (χ4v) is 3.47. The van der Waals surface area contributed by atoms with E-state index in [2.05, 4.69) is 0 Å². The molecule has 1 aromatic carbocycles. The van der Waals surface area contributed by atoms with Crippen LogP contribution in [0.3, 0.4) is 0 Å². The lowest BCUT2D eigenvalue weighted by atomic mass is 9.97. The standard InChI is InChI=1S/C14H15Cl2NO3/c15-10-1-2-11(18)13(14(10)16)8-5-12(19)17(6-8)9-3-4-20-7-9/h1-2,8-9,18H,3-7H2/t8-,9+/m1/s1. The van der Waals surface area contributed by atoms with Crippen LogP contribution >= 0.6 is 23.2 Å². The molecular formula is C14H15Cl2NO3. The number of ether oxygens (including phenoxy) is 1. The van der Waals surface area contributed by atoms with Crippen LogP contribution in [-0.2, 0) is 9.53 Å². The number of likely N-dealkylation sites (tertiary alicyclic amines) is 1. The first-order chi connectivity index (χ1) is 9.58. The van der Waals surface area contributed by atoms with Crippen molar-refractivity contribution in [3.63, 3.8) is 0 Å². The van der Waals surface area contributed by atoms with E-state index in [1.54, 1.807) is 6.07 Å². The van der Waals surface area contributed by atoms with Crippen molar-refractivity contribution in [2.45, 2.75) is 24.8 Å². The molecule has 0 aliphatic carbocycles. The van der Waals surface area contributed by atoms with Gasteiger partial charge in [0.1, 0.15) is 5.75 Å². The van der Waals surface area contributed by atoms with E-state index in [1.165, 1.54) is 6.07 Å². The minimum absolute atomic E-state index is 0.0842. The number of nitrogens with zero attached hydrogens (tertiary/aromatic N) is 1. The molecule has 2 saturated heterocycles. The minimum atomic E-state index is -0.116. The summed E-state index contributed by atoms with van der Waals surface area (Å²) in [7, 11) is 0. The van der Waals surface area contributed by atoms with Crippen LogP contribution in [-0.4, -0.2) is 41.7 Å². The Balaban J connectivity index is 1.86. The zero-order valence-electron chi connectivity index (χ0n) is 10.8. The number of halogens is 2. The molecule has 0 aromatic heterocycles. The number of carbonyl (C=O) groups is 1. The molecule has 6 heteroatoms. The van der Waals surface area contributed by atoms with E-state index in [4.69, 9.17) is 27.9 Å². The van der Waals surface area contributed by atoms with Crippen LogP contribution in [0, 0.1) is 0 Å². The Hall–Kier alpha value is -0.970. The summed E-state index contributed by atoms with van der Waals surface area (Å²) >= 11 is 12.2. The summed E-state index contributed by atoms with van der Waals surface area (Å²) in [5, 5.41) is 10.8. The highest BCUT2D eigenvalue weighted by Gasteiger charge is 2.38. The molecule has 1 aromatic rings. The summed E-state index contributed by atoms with van der Waals surface area (Å²) in [5.74, 6) is 0.0666. The summed E-state index contributed by atoms with van der Waals surface area (Å²) in [6, 6.07) is 3.23. The summed E-state index contributed by atoms with van der Waals surface area (Å²) in [4.78, 5) is 14.0. The van der Waals surface area contributed by atoms with Crippen molar-refractivity contribution in [3.05, 3.63) is 27.7 Å². The van der Waals surface area contributed by atoms with Crippen LogP contribution in [0.1, 0.15) is 24.3 Å². The van der Waals surface area contributed by atoms with Crippen molar-refractivity contribution in [3.8, 4) is 5.75 Å². The number of phenolic OH excluding ortho intramolecular Hbond substituents is 1. The lowest BCUT2D eigenvalue weighted by molar-refractivity contribution is -0.129. The van der Waals surface area contributed by atoms with Gasteiger partial charge in [-0.3, -0.25) is 4.79 Å². The van der Waals surface area contributed by atoms with Crippen molar-refractivity contribution in [1.82, 2.24) is 4.90 Å². The highest BCUT2D eigenvalue weighted by molar-refractivity contribution is 6.42. The van der Waals surface area contributed by atoms with Gasteiger partial charge in [0.25, 0.3) is 0 Å². The normalized spacial score (nSPS) is 26.5. The molecule has 0 bridgehead atoms. The third-order valence-electron chi connectivity index (χ3n) is 4.02. The lowest BCUT2D eigenvalue weighted by Gasteiger charge is -2.23. The maximum Gasteiger partial charge on any atom is 0.223 e. The maximum absolute atomic E-state index is 12.2. The van der Waals surface area contributed by atoms with Gasteiger partial charge in [0, 0.05) is 31.1 Å². The number of rotatable bonds is 2. The van der Waals surface area contributed by atoms with E-state index < -0.39 is 0 Å². The van der Waals surface area contributed by atoms with Gasteiger partial charge in [-0.2, -0.15) is 0 Å². The molecule has 0 spiro atoms. The van der Waals surface area contributed by atoms with E-state index in [-0.39, 0.29) is 23.6 Å². The van der Waals surface area contributed by atoms with Crippen molar-refractivity contribution >= 4 is 29.1 Å². The van der Waals surface area contributed by atoms with Gasteiger partial charge in [-0.15, -0.1) is 0 Å². The van der Waals surface area contributed by atoms with Gasteiger partial charge in [-0.1, -0.05) is 23.2 Å². The van der Waals surface area contributed by atoms with Crippen LogP contribution < -0.4 is 0 Å². The fraction of sp³-hybridized carbons (Fsp3) is 0.500. The molecule has 0 radical (unpaired) electrons. The molecule has 0 saturated carbocycles. The predicted molar refractivity (Wildman–Crippen MR) is 76.4 cm³/mol. The maximum atomic E-state index is 12.2. The van der Waals surface area contributed by atoms with Gasteiger partial charge >= 0.3 is 0 Å². The number of amides is 1. The van der Waals surface area contributed by atoms with Gasteiger partial charge in [-0.05, 0) is 18.6 Å². The number of carbonyl (C=O) groups excluding carboxylic acids is 1. The Labute approximate surface area is 127 Å². The quantitative estimate of drug-likeness (QED) is 0.913. The topological polar surface area (TPSA) is 49.8 Å². The summed E-state index contributed by atoms with van der Waals surface area (Å²) in [5.41, 5.74) is 0.578. The van der Waals surface area contributed by atoms with E-state index >= 15 is 0 Å². The predicted octanol–water partition coefficient (Wildman–Crippen LogP) is 2.80. The van der Waals surface area contributed by atoms with E-state index in [9.17, 15) is 9.90 Å². The van der Waals surface area contributed by atoms with Crippen molar-refractivity contribution in [2.24, 2.45) is 0 Å². The molecule has 4 nitrogen and oxygen atoms in total. The molecule has 1 N–H and O–H groups in total. The molecule has 2 aliphatic rings. The first-order valence-corrected chi connectivity index (χ1v) is 7.37. The van der Waals surface area contributed by atoms with Crippen LogP contribution in [0.15, 0.2) is 12.1 Å². The number of aromatic hydroxyl groups is 1. The highest BCUT2D eigenvalue weighted by Crippen LogP contribution is 2.42. The van der Waals surface area contributed by atoms with Gasteiger partial charge in [0.05, 0.1) is 22.7 Å². The first kappa shape index (κ1) is 14.0. The molecule has 3 rings (SSSR count). The zero-order chi connectivity index (χ0) is 14.3. The Bertz CT molecular complexity index is 543. The van der Waals surface area contributed by atoms with Crippen LogP contribution in [0.2, 0.25) is 10.0 Å². The van der Waals surface area contributed by atoms with Crippen LogP contribution in [0.5, 0.6) is 5.75 Å². The Morgan fingerprint density at radius 2 is 2.15 bits per heavy atom. The fourth-order valence-electron chi connectivity index (χ4n) is 2.99. The van der Waals surface area contributed by atoms with E-state index in [0.29, 0.717) is 41.8 Å². The average Bonchev–Trinajstić information content (AvgIpc) is 3.04. The summed E-state index contributed by atoms with van der Waals surface area (Å²) in [6.45, 7) is 1.84. The van der Waals surface area contributed by atoms with Gasteiger partial charge in [0.2, 0.25) is 5.91 Å². The zero-order valence-corrected chi connectivity index (χ0v) is 12.3. The SMILES string of the molecule is O=C1C[C@@H](c2c(O)ccc(Cl)c2Cl)CN1[C@H]1CCOC1. The van der Waals surface area contributed by atoms with Crippen LogP contribution in [0.4, 0.5) is 0 Å². The van der Waals surface area contributed by atoms with Gasteiger partial charge in [0.15, 0.2) is 0 Å². The molecule has 20 heavy (non-hydrogen) atoms. The largest absolute Gasteiger partial charge is 0.508 e. The van der Waals surface area contributed by atoms with E-state index in [0.717, 1.165) is 6.42 Å². The van der Waals surface area contributed by atoms with Crippen molar-refractivity contribution < 1.29 is 14.6 Å². The summed E-state index contributed by atoms with van der Waals surface area (Å²) < 4.78 is 5.33. The monoisotopic (exact) mass is 315 g/mol. The summed E-state index contributed by atoms with van der Waals surface area (Å²) in [6.07, 6.45) is 1.22. The molecule has 2 fully saturated rings. The third kappa shape index (κ3) is 2.36. The Kier molecular flexibility index (Phi) is 3.80. The van der Waals surface area contributed by atoms with Crippen LogP contribution in [0.25, 0.3) is 0 Å². The Morgan fingerprint density at radius 3 is 2.85 bits per heavy atom. The average molecular weight is 316 g/mol. The highest BCUT2D eigenvalue weighted by atomic mass is 35.5. The minimum Gasteiger partial charge on any atom is -0.508 e. The first-order valence-electron chi connectivity index (χ1n) is 6.62. The molecule has 2 atom stereocenters. The molecule has 2 heterocycles. The lowest BCUT2D eigenvalue weighted by Crippen LogP contribution is -2.36.